The maximum absolute atomic E-state index is 12.2. The van der Waals surface area contributed by atoms with Crippen LogP contribution in [0.5, 0.6) is 0 Å². The molecule has 0 bridgehead atoms. The molecule has 1 unspecified atom stereocenters. The number of fused-ring (bicyclic) bond motifs is 1. The van der Waals surface area contributed by atoms with E-state index in [1.165, 1.54) is 6.07 Å². The van der Waals surface area contributed by atoms with Gasteiger partial charge in [0.1, 0.15) is 0 Å². The molecule has 0 fully saturated rings. The highest BCUT2D eigenvalue weighted by molar-refractivity contribution is 5.95. The lowest BCUT2D eigenvalue weighted by atomic mass is 9.93. The van der Waals surface area contributed by atoms with E-state index in [1.54, 1.807) is 22.8 Å². The number of benzene rings is 1. The van der Waals surface area contributed by atoms with E-state index in [-0.39, 0.29) is 23.6 Å². The summed E-state index contributed by atoms with van der Waals surface area (Å²) in [5.41, 5.74) is 1.75. The molecule has 0 saturated heterocycles. The van der Waals surface area contributed by atoms with Crippen molar-refractivity contribution >= 4 is 16.9 Å². The van der Waals surface area contributed by atoms with Crippen molar-refractivity contribution in [2.24, 2.45) is 0 Å². The molecule has 1 heterocycles. The molecule has 22 heavy (non-hydrogen) atoms. The van der Waals surface area contributed by atoms with Crippen LogP contribution in [-0.4, -0.2) is 27.4 Å². The van der Waals surface area contributed by atoms with Crippen molar-refractivity contribution in [2.75, 3.05) is 6.61 Å². The van der Waals surface area contributed by atoms with E-state index in [0.29, 0.717) is 13.0 Å². The SMILES string of the molecule is CCC(C)c1cc(C(=O)O)cc2ccc(=O)n(CCCO)c12. The van der Waals surface area contributed by atoms with Gasteiger partial charge in [-0.3, -0.25) is 4.79 Å². The first-order valence-corrected chi connectivity index (χ1v) is 7.51. The van der Waals surface area contributed by atoms with Crippen LogP contribution in [0.25, 0.3) is 10.9 Å². The summed E-state index contributed by atoms with van der Waals surface area (Å²) in [6.07, 6.45) is 1.33. The highest BCUT2D eigenvalue weighted by Gasteiger charge is 2.16. The number of aliphatic hydroxyl groups is 1. The van der Waals surface area contributed by atoms with Crippen molar-refractivity contribution in [3.05, 3.63) is 45.7 Å². The van der Waals surface area contributed by atoms with Gasteiger partial charge in [0, 0.05) is 19.2 Å². The Bertz CT molecular complexity index is 748. The Morgan fingerprint density at radius 2 is 2.05 bits per heavy atom. The normalized spacial score (nSPS) is 12.5. The van der Waals surface area contributed by atoms with Gasteiger partial charge in [-0.05, 0) is 47.9 Å². The lowest BCUT2D eigenvalue weighted by molar-refractivity contribution is 0.0697. The van der Waals surface area contributed by atoms with Crippen LogP contribution in [0.3, 0.4) is 0 Å². The highest BCUT2D eigenvalue weighted by Crippen LogP contribution is 2.28. The monoisotopic (exact) mass is 303 g/mol. The van der Waals surface area contributed by atoms with Crippen LogP contribution in [0.1, 0.15) is 48.5 Å². The molecule has 0 saturated carbocycles. The van der Waals surface area contributed by atoms with Crippen LogP contribution in [0.15, 0.2) is 29.1 Å². The van der Waals surface area contributed by atoms with Crippen molar-refractivity contribution in [3.63, 3.8) is 0 Å². The van der Waals surface area contributed by atoms with Crippen LogP contribution in [-0.2, 0) is 6.54 Å². The van der Waals surface area contributed by atoms with Gasteiger partial charge in [0.25, 0.3) is 5.56 Å². The average molecular weight is 303 g/mol. The van der Waals surface area contributed by atoms with Crippen molar-refractivity contribution in [2.45, 2.75) is 39.2 Å². The molecule has 0 radical (unpaired) electrons. The van der Waals surface area contributed by atoms with Gasteiger partial charge >= 0.3 is 5.97 Å². The molecule has 2 N–H and O–H groups in total. The molecule has 5 heteroatoms. The minimum Gasteiger partial charge on any atom is -0.478 e. The minimum atomic E-state index is -0.973. The van der Waals surface area contributed by atoms with Crippen LogP contribution in [0, 0.1) is 0 Å². The van der Waals surface area contributed by atoms with Crippen LogP contribution in [0.4, 0.5) is 0 Å². The zero-order chi connectivity index (χ0) is 16.3. The number of hydrogen-bond acceptors (Lipinski definition) is 3. The molecule has 1 atom stereocenters. The molecule has 2 aromatic rings. The molecule has 0 aliphatic rings. The summed E-state index contributed by atoms with van der Waals surface area (Å²) in [5, 5.41) is 19.1. The van der Waals surface area contributed by atoms with E-state index in [9.17, 15) is 14.7 Å². The molecule has 0 aliphatic carbocycles. The molecular weight excluding hydrogens is 282 g/mol. The zero-order valence-electron chi connectivity index (χ0n) is 12.9. The number of hydrogen-bond donors (Lipinski definition) is 2. The lowest BCUT2D eigenvalue weighted by Crippen LogP contribution is -2.21. The zero-order valence-corrected chi connectivity index (χ0v) is 12.9. The largest absolute Gasteiger partial charge is 0.478 e. The van der Waals surface area contributed by atoms with Crippen LogP contribution < -0.4 is 5.56 Å². The van der Waals surface area contributed by atoms with Crippen molar-refractivity contribution in [1.82, 2.24) is 4.57 Å². The van der Waals surface area contributed by atoms with Gasteiger partial charge in [-0.15, -0.1) is 0 Å². The Balaban J connectivity index is 2.81. The Morgan fingerprint density at radius 3 is 2.64 bits per heavy atom. The van der Waals surface area contributed by atoms with Crippen LogP contribution >= 0.6 is 0 Å². The van der Waals surface area contributed by atoms with Gasteiger partial charge in [0.05, 0.1) is 11.1 Å². The van der Waals surface area contributed by atoms with E-state index >= 15 is 0 Å². The van der Waals surface area contributed by atoms with Crippen molar-refractivity contribution < 1.29 is 15.0 Å². The number of aryl methyl sites for hydroxylation is 1. The lowest BCUT2D eigenvalue weighted by Gasteiger charge is -2.18. The second kappa shape index (κ2) is 6.75. The molecule has 5 nitrogen and oxygen atoms in total. The van der Waals surface area contributed by atoms with Crippen LogP contribution in [0.2, 0.25) is 0 Å². The Morgan fingerprint density at radius 1 is 1.32 bits per heavy atom. The summed E-state index contributed by atoms with van der Waals surface area (Å²) in [7, 11) is 0. The van der Waals surface area contributed by atoms with E-state index < -0.39 is 5.97 Å². The maximum atomic E-state index is 12.2. The summed E-state index contributed by atoms with van der Waals surface area (Å²) in [6.45, 7) is 4.48. The smallest absolute Gasteiger partial charge is 0.335 e. The molecular formula is C17H21NO4. The second-order valence-corrected chi connectivity index (χ2v) is 5.52. The first kappa shape index (κ1) is 16.2. The minimum absolute atomic E-state index is 0.00863. The van der Waals surface area contributed by atoms with E-state index in [0.717, 1.165) is 22.9 Å². The fourth-order valence-electron chi connectivity index (χ4n) is 2.65. The van der Waals surface area contributed by atoms with Gasteiger partial charge in [0.2, 0.25) is 0 Å². The van der Waals surface area contributed by atoms with Crippen molar-refractivity contribution in [1.29, 1.82) is 0 Å². The number of carboxylic acid groups (broad SMARTS) is 1. The number of carbonyl (C=O) groups is 1. The predicted octanol–water partition coefficient (Wildman–Crippen LogP) is 2.60. The van der Waals surface area contributed by atoms with Gasteiger partial charge in [0.15, 0.2) is 0 Å². The standard InChI is InChI=1S/C17H21NO4/c1-3-11(2)14-10-13(17(21)22)9-12-5-6-15(20)18(16(12)14)7-4-8-19/h5-6,9-11,19H,3-4,7-8H2,1-2H3,(H,21,22). The molecule has 1 aromatic heterocycles. The number of pyridine rings is 1. The molecule has 1 aromatic carbocycles. The number of aromatic carboxylic acids is 1. The third kappa shape index (κ3) is 3.04. The second-order valence-electron chi connectivity index (χ2n) is 5.52. The summed E-state index contributed by atoms with van der Waals surface area (Å²) in [4.78, 5) is 23.5. The topological polar surface area (TPSA) is 79.5 Å². The Kier molecular flexibility index (Phi) is 4.98. The number of aromatic nitrogens is 1. The number of carboxylic acids is 1. The predicted molar refractivity (Wildman–Crippen MR) is 85.6 cm³/mol. The molecule has 0 spiro atoms. The summed E-state index contributed by atoms with van der Waals surface area (Å²) in [6, 6.07) is 6.38. The van der Waals surface area contributed by atoms with Gasteiger partial charge < -0.3 is 14.8 Å². The molecule has 0 amide bonds. The highest BCUT2D eigenvalue weighted by atomic mass is 16.4. The number of rotatable bonds is 6. The first-order valence-electron chi connectivity index (χ1n) is 7.51. The summed E-state index contributed by atoms with van der Waals surface area (Å²) < 4.78 is 1.64. The number of aliphatic hydroxyl groups excluding tert-OH is 1. The van der Waals surface area contributed by atoms with E-state index in [1.807, 2.05) is 13.8 Å². The quantitative estimate of drug-likeness (QED) is 0.859. The summed E-state index contributed by atoms with van der Waals surface area (Å²) in [5.74, 6) is -0.830. The first-order chi connectivity index (χ1) is 10.5. The molecule has 0 aliphatic heterocycles. The Hall–Kier alpha value is -2.14. The van der Waals surface area contributed by atoms with Gasteiger partial charge in [-0.1, -0.05) is 13.8 Å². The van der Waals surface area contributed by atoms with E-state index in [2.05, 4.69) is 0 Å². The van der Waals surface area contributed by atoms with Gasteiger partial charge in [-0.25, -0.2) is 4.79 Å². The summed E-state index contributed by atoms with van der Waals surface area (Å²) >= 11 is 0. The van der Waals surface area contributed by atoms with Gasteiger partial charge in [-0.2, -0.15) is 0 Å². The third-order valence-electron chi connectivity index (χ3n) is 4.04. The molecule has 2 rings (SSSR count). The number of nitrogens with zero attached hydrogens (tertiary/aromatic N) is 1. The van der Waals surface area contributed by atoms with Crippen molar-refractivity contribution in [3.8, 4) is 0 Å². The maximum Gasteiger partial charge on any atom is 0.335 e. The fourth-order valence-corrected chi connectivity index (χ4v) is 2.65. The Labute approximate surface area is 128 Å². The molecule has 118 valence electrons. The average Bonchev–Trinajstić information content (AvgIpc) is 2.52. The van der Waals surface area contributed by atoms with E-state index in [4.69, 9.17) is 5.11 Å². The third-order valence-corrected chi connectivity index (χ3v) is 4.04. The fraction of sp³-hybridized carbons (Fsp3) is 0.412.